The molecule has 6 nitrogen and oxygen atoms in total. The van der Waals surface area contributed by atoms with Crippen LogP contribution in [0.25, 0.3) is 0 Å². The van der Waals surface area contributed by atoms with Crippen molar-refractivity contribution in [2.45, 2.75) is 82.1 Å². The van der Waals surface area contributed by atoms with E-state index in [9.17, 15) is 8.42 Å². The molecule has 3 atom stereocenters. The van der Waals surface area contributed by atoms with E-state index in [0.29, 0.717) is 12.5 Å². The summed E-state index contributed by atoms with van der Waals surface area (Å²) in [6, 6.07) is 8.45. The smallest absolute Gasteiger partial charge is 0.209 e. The monoisotopic (exact) mass is 436 g/mol. The summed E-state index contributed by atoms with van der Waals surface area (Å²) in [5.41, 5.74) is 1.33. The maximum absolute atomic E-state index is 12.0. The van der Waals surface area contributed by atoms with Crippen LogP contribution >= 0.6 is 0 Å². The van der Waals surface area contributed by atoms with E-state index in [1.54, 1.807) is 0 Å². The van der Waals surface area contributed by atoms with Crippen LogP contribution in [0.2, 0.25) is 0 Å². The summed E-state index contributed by atoms with van der Waals surface area (Å²) in [7, 11) is -3.26. The molecule has 0 spiro atoms. The molecule has 1 aliphatic carbocycles. The third-order valence-electron chi connectivity index (χ3n) is 6.98. The first-order valence-electron chi connectivity index (χ1n) is 11.5. The summed E-state index contributed by atoms with van der Waals surface area (Å²) in [4.78, 5) is 2.40. The predicted octanol–water partition coefficient (Wildman–Crippen LogP) is 3.28. The molecule has 1 unspecified atom stereocenters. The van der Waals surface area contributed by atoms with Gasteiger partial charge in [0.15, 0.2) is 0 Å². The Morgan fingerprint density at radius 1 is 1.13 bits per heavy atom. The number of hydrogen-bond donors (Lipinski definition) is 1. The highest BCUT2D eigenvalue weighted by Gasteiger charge is 2.36. The van der Waals surface area contributed by atoms with E-state index >= 15 is 0 Å². The lowest BCUT2D eigenvalue weighted by Gasteiger charge is -2.43. The zero-order chi connectivity index (χ0) is 21.1. The zero-order valence-corrected chi connectivity index (χ0v) is 19.1. The Morgan fingerprint density at radius 3 is 2.63 bits per heavy atom. The van der Waals surface area contributed by atoms with E-state index < -0.39 is 10.0 Å². The van der Waals surface area contributed by atoms with Crippen LogP contribution < -0.4 is 9.46 Å². The average Bonchev–Trinajstić information content (AvgIpc) is 2.74. The summed E-state index contributed by atoms with van der Waals surface area (Å²) < 4.78 is 39.8. The Kier molecular flexibility index (Phi) is 7.02. The summed E-state index contributed by atoms with van der Waals surface area (Å²) in [5.74, 6) is 1.55. The van der Waals surface area contributed by atoms with Gasteiger partial charge in [0, 0.05) is 18.6 Å². The molecule has 7 heteroatoms. The number of sulfonamides is 1. The molecule has 3 heterocycles. The average molecular weight is 437 g/mol. The Bertz CT molecular complexity index is 807. The van der Waals surface area contributed by atoms with Crippen molar-refractivity contribution in [1.29, 1.82) is 0 Å². The quantitative estimate of drug-likeness (QED) is 0.788. The molecule has 0 aromatic heterocycles. The van der Waals surface area contributed by atoms with Crippen molar-refractivity contribution in [3.8, 4) is 5.75 Å². The van der Waals surface area contributed by atoms with Gasteiger partial charge in [-0.05, 0) is 69.0 Å². The SMILES string of the molecule is CC[C@@H]1CN2CCCC(NS(C)(=O)=O)[C@@H]2COC2CCC(CC2)c2ccccc2O1. The zero-order valence-electron chi connectivity index (χ0n) is 18.3. The number of nitrogens with zero attached hydrogens (tertiary/aromatic N) is 1. The topological polar surface area (TPSA) is 67.9 Å². The molecular weight excluding hydrogens is 400 g/mol. The van der Waals surface area contributed by atoms with Crippen LogP contribution in [0.15, 0.2) is 24.3 Å². The number of para-hydroxylation sites is 1. The minimum Gasteiger partial charge on any atom is -0.489 e. The van der Waals surface area contributed by atoms with E-state index in [1.165, 1.54) is 11.8 Å². The van der Waals surface area contributed by atoms with Gasteiger partial charge in [-0.1, -0.05) is 25.1 Å². The van der Waals surface area contributed by atoms with E-state index in [4.69, 9.17) is 9.47 Å². The van der Waals surface area contributed by atoms with Gasteiger partial charge in [-0.25, -0.2) is 13.1 Å². The second kappa shape index (κ2) is 9.55. The predicted molar refractivity (Wildman–Crippen MR) is 118 cm³/mol. The summed E-state index contributed by atoms with van der Waals surface area (Å²) in [6.07, 6.45) is 8.65. The molecule has 1 N–H and O–H groups in total. The molecule has 2 fully saturated rings. The number of rotatable bonds is 3. The second-order valence-electron chi connectivity index (χ2n) is 9.19. The van der Waals surface area contributed by atoms with Crippen molar-refractivity contribution in [2.24, 2.45) is 0 Å². The van der Waals surface area contributed by atoms with Crippen molar-refractivity contribution in [2.75, 3.05) is 26.0 Å². The lowest BCUT2D eigenvalue weighted by atomic mass is 9.82. The molecular formula is C23H36N2O4S. The summed E-state index contributed by atoms with van der Waals surface area (Å²) in [6.45, 7) is 4.48. The molecule has 4 aliphatic rings. The van der Waals surface area contributed by atoms with Crippen LogP contribution in [0.3, 0.4) is 0 Å². The van der Waals surface area contributed by atoms with Crippen molar-refractivity contribution < 1.29 is 17.9 Å². The molecule has 3 aliphatic heterocycles. The first-order valence-corrected chi connectivity index (χ1v) is 13.4. The van der Waals surface area contributed by atoms with Crippen molar-refractivity contribution >= 4 is 10.0 Å². The number of fused-ring (bicyclic) bond motifs is 5. The van der Waals surface area contributed by atoms with E-state index in [1.807, 2.05) is 0 Å². The molecule has 0 radical (unpaired) electrons. The lowest BCUT2D eigenvalue weighted by Crippen LogP contribution is -2.59. The number of ether oxygens (including phenoxy) is 2. The van der Waals surface area contributed by atoms with E-state index in [0.717, 1.165) is 63.8 Å². The lowest BCUT2D eigenvalue weighted by molar-refractivity contribution is -0.0335. The maximum atomic E-state index is 12.0. The normalized spacial score (nSPS) is 33.3. The fourth-order valence-electron chi connectivity index (χ4n) is 5.38. The Morgan fingerprint density at radius 2 is 1.90 bits per heavy atom. The fourth-order valence-corrected chi connectivity index (χ4v) is 6.20. The molecule has 1 aromatic carbocycles. The molecule has 168 valence electrons. The van der Waals surface area contributed by atoms with Crippen LogP contribution in [0, 0.1) is 0 Å². The molecule has 0 amide bonds. The van der Waals surface area contributed by atoms with Crippen LogP contribution in [-0.2, 0) is 14.8 Å². The van der Waals surface area contributed by atoms with Crippen LogP contribution in [-0.4, -0.2) is 63.6 Å². The number of nitrogens with one attached hydrogen (secondary N) is 1. The van der Waals surface area contributed by atoms with Gasteiger partial charge < -0.3 is 9.47 Å². The van der Waals surface area contributed by atoms with Gasteiger partial charge in [0.1, 0.15) is 11.9 Å². The minimum absolute atomic E-state index is 0.0415. The molecule has 30 heavy (non-hydrogen) atoms. The third kappa shape index (κ3) is 5.36. The van der Waals surface area contributed by atoms with Gasteiger partial charge >= 0.3 is 0 Å². The van der Waals surface area contributed by atoms with Crippen molar-refractivity contribution in [1.82, 2.24) is 9.62 Å². The largest absolute Gasteiger partial charge is 0.489 e. The van der Waals surface area contributed by atoms with Gasteiger partial charge in [-0.3, -0.25) is 4.90 Å². The number of benzene rings is 1. The van der Waals surface area contributed by atoms with Crippen LogP contribution in [0.1, 0.15) is 63.4 Å². The van der Waals surface area contributed by atoms with Crippen molar-refractivity contribution in [3.05, 3.63) is 29.8 Å². The second-order valence-corrected chi connectivity index (χ2v) is 11.0. The number of hydrogen-bond acceptors (Lipinski definition) is 5. The van der Waals surface area contributed by atoms with Gasteiger partial charge in [0.05, 0.1) is 19.0 Å². The fraction of sp³-hybridized carbons (Fsp3) is 0.739. The number of piperidine rings is 1. The molecule has 1 aromatic rings. The molecule has 1 saturated carbocycles. The molecule has 5 rings (SSSR count). The van der Waals surface area contributed by atoms with E-state index in [2.05, 4.69) is 40.8 Å². The highest BCUT2D eigenvalue weighted by molar-refractivity contribution is 7.88. The molecule has 1 saturated heterocycles. The van der Waals surface area contributed by atoms with Gasteiger partial charge in [0.2, 0.25) is 10.0 Å². The Labute approximate surface area is 181 Å². The van der Waals surface area contributed by atoms with Gasteiger partial charge in [-0.2, -0.15) is 0 Å². The first kappa shape index (κ1) is 22.1. The Hall–Kier alpha value is -1.15. The van der Waals surface area contributed by atoms with Gasteiger partial charge in [0.25, 0.3) is 0 Å². The Balaban J connectivity index is 1.62. The van der Waals surface area contributed by atoms with E-state index in [-0.39, 0.29) is 24.3 Å². The first-order chi connectivity index (χ1) is 14.4. The highest BCUT2D eigenvalue weighted by atomic mass is 32.2. The summed E-state index contributed by atoms with van der Waals surface area (Å²) in [5, 5.41) is 0. The molecule has 2 bridgehead atoms. The minimum atomic E-state index is -3.26. The maximum Gasteiger partial charge on any atom is 0.209 e. The summed E-state index contributed by atoms with van der Waals surface area (Å²) >= 11 is 0. The van der Waals surface area contributed by atoms with Crippen LogP contribution in [0.5, 0.6) is 5.75 Å². The van der Waals surface area contributed by atoms with Crippen LogP contribution in [0.4, 0.5) is 0 Å². The van der Waals surface area contributed by atoms with Crippen molar-refractivity contribution in [3.63, 3.8) is 0 Å². The van der Waals surface area contributed by atoms with Gasteiger partial charge in [-0.15, -0.1) is 0 Å². The standard InChI is InChI=1S/C23H36N2O4S/c1-3-18-15-25-14-6-8-21(24-30(2,26)27)22(25)16-28-19-12-10-17(11-13-19)20-7-4-5-9-23(20)29-18/h4-5,7,9,17-19,21-22,24H,3,6,8,10-16H2,1-2H3/t17?,18-,19?,21?,22+/m1/s1. The third-order valence-corrected chi connectivity index (χ3v) is 7.71. The highest BCUT2D eigenvalue weighted by Crippen LogP contribution is 2.39.